The Morgan fingerprint density at radius 3 is 2.04 bits per heavy atom. The molecule has 0 spiro atoms. The van der Waals surface area contributed by atoms with Gasteiger partial charge in [0.15, 0.2) is 0 Å². The van der Waals surface area contributed by atoms with Gasteiger partial charge in [-0.2, -0.15) is 0 Å². The van der Waals surface area contributed by atoms with Gasteiger partial charge in [-0.25, -0.2) is 0 Å². The lowest BCUT2D eigenvalue weighted by atomic mass is 9.82. The molecule has 0 aliphatic heterocycles. The average molecular weight is 684 g/mol. The molecule has 0 saturated heterocycles. The smallest absolute Gasteiger partial charge is 0.136 e. The molecular weight excluding hydrogens is 651 g/mol. The molecule has 0 fully saturated rings. The predicted molar refractivity (Wildman–Crippen MR) is 222 cm³/mol. The molecule has 8 aromatic carbocycles. The second-order valence-corrected chi connectivity index (χ2v) is 15.6. The van der Waals surface area contributed by atoms with Gasteiger partial charge in [0, 0.05) is 53.4 Å². The van der Waals surface area contributed by atoms with Gasteiger partial charge in [0.2, 0.25) is 0 Å². The summed E-state index contributed by atoms with van der Waals surface area (Å²) in [4.78, 5) is 2.43. The lowest BCUT2D eigenvalue weighted by Crippen LogP contribution is -2.16. The fourth-order valence-electron chi connectivity index (χ4n) is 8.67. The number of furan rings is 1. The second kappa shape index (κ2) is 10.9. The molecule has 0 unspecified atom stereocenters. The molecule has 0 N–H and O–H groups in total. The van der Waals surface area contributed by atoms with Gasteiger partial charge in [0.25, 0.3) is 0 Å². The number of hydrogen-bond donors (Lipinski definition) is 0. The Bertz CT molecular complexity index is 3050. The fourth-order valence-corrected chi connectivity index (χ4v) is 9.81. The highest BCUT2D eigenvalue weighted by Crippen LogP contribution is 2.51. The number of anilines is 3. The summed E-state index contributed by atoms with van der Waals surface area (Å²) in [5.41, 5.74) is 13.0. The van der Waals surface area contributed by atoms with Gasteiger partial charge in [0.1, 0.15) is 11.2 Å². The van der Waals surface area contributed by atoms with E-state index in [0.717, 1.165) is 39.0 Å². The molecule has 2 aromatic heterocycles. The van der Waals surface area contributed by atoms with Crippen molar-refractivity contribution in [3.05, 3.63) is 175 Å². The number of thiophene rings is 1. The van der Waals surface area contributed by atoms with Crippen molar-refractivity contribution in [1.82, 2.24) is 0 Å². The van der Waals surface area contributed by atoms with E-state index in [1.54, 1.807) is 0 Å². The van der Waals surface area contributed by atoms with Crippen molar-refractivity contribution >= 4 is 81.3 Å². The van der Waals surface area contributed by atoms with Crippen LogP contribution in [0.3, 0.4) is 0 Å². The third kappa shape index (κ3) is 4.30. The lowest BCUT2D eigenvalue weighted by molar-refractivity contribution is 0.660. The Hall–Kier alpha value is -6.16. The zero-order valence-electron chi connectivity index (χ0n) is 28.9. The maximum absolute atomic E-state index is 6.23. The van der Waals surface area contributed by atoms with Crippen molar-refractivity contribution in [2.75, 3.05) is 4.90 Å². The minimum absolute atomic E-state index is 0.0903. The minimum Gasteiger partial charge on any atom is -0.456 e. The maximum Gasteiger partial charge on any atom is 0.136 e. The molecule has 11 rings (SSSR count). The molecular formula is C49H33NOS. The molecule has 0 atom stereocenters. The van der Waals surface area contributed by atoms with Crippen LogP contribution < -0.4 is 4.90 Å². The van der Waals surface area contributed by atoms with E-state index < -0.39 is 0 Å². The van der Waals surface area contributed by atoms with Crippen molar-refractivity contribution in [2.24, 2.45) is 0 Å². The molecule has 2 heterocycles. The van der Waals surface area contributed by atoms with E-state index in [4.69, 9.17) is 4.42 Å². The van der Waals surface area contributed by atoms with Crippen LogP contribution in [0.15, 0.2) is 168 Å². The summed E-state index contributed by atoms with van der Waals surface area (Å²) >= 11 is 1.86. The maximum atomic E-state index is 6.23. The third-order valence-electron chi connectivity index (χ3n) is 11.3. The number of rotatable bonds is 4. The monoisotopic (exact) mass is 683 g/mol. The van der Waals surface area contributed by atoms with Crippen LogP contribution in [-0.2, 0) is 5.41 Å². The van der Waals surface area contributed by atoms with Crippen LogP contribution in [-0.4, -0.2) is 0 Å². The topological polar surface area (TPSA) is 16.4 Å². The molecule has 1 aliphatic carbocycles. The number of benzene rings is 8. The highest BCUT2D eigenvalue weighted by Gasteiger charge is 2.35. The number of nitrogens with zero attached hydrogens (tertiary/aromatic N) is 1. The van der Waals surface area contributed by atoms with Crippen molar-refractivity contribution in [1.29, 1.82) is 0 Å². The van der Waals surface area contributed by atoms with Gasteiger partial charge in [-0.1, -0.05) is 117 Å². The van der Waals surface area contributed by atoms with Gasteiger partial charge in [-0.15, -0.1) is 11.3 Å². The SMILES string of the molecule is CC1(C)c2ccccc2-c2ccc(N(c3ccc(-c4cccc5cc6oc7ccccc7c6cc45)cc3)c3ccc4c(c3)sc3ccccc34)cc21. The molecule has 1 aliphatic rings. The Balaban J connectivity index is 1.07. The zero-order valence-corrected chi connectivity index (χ0v) is 29.7. The summed E-state index contributed by atoms with van der Waals surface area (Å²) in [6, 6.07) is 60.1. The molecule has 0 saturated carbocycles. The molecule has 246 valence electrons. The molecule has 52 heavy (non-hydrogen) atoms. The summed E-state index contributed by atoms with van der Waals surface area (Å²) < 4.78 is 8.84. The van der Waals surface area contributed by atoms with Crippen LogP contribution in [0, 0.1) is 0 Å². The summed E-state index contributed by atoms with van der Waals surface area (Å²) in [7, 11) is 0. The van der Waals surface area contributed by atoms with Crippen molar-refractivity contribution in [3.8, 4) is 22.3 Å². The number of fused-ring (bicyclic) bond motifs is 10. The predicted octanol–water partition coefficient (Wildman–Crippen LogP) is 14.6. The van der Waals surface area contributed by atoms with Gasteiger partial charge >= 0.3 is 0 Å². The first-order valence-corrected chi connectivity index (χ1v) is 18.7. The number of hydrogen-bond acceptors (Lipinski definition) is 3. The highest BCUT2D eigenvalue weighted by atomic mass is 32.1. The zero-order chi connectivity index (χ0) is 34.6. The van der Waals surface area contributed by atoms with Gasteiger partial charge < -0.3 is 9.32 Å². The summed E-state index contributed by atoms with van der Waals surface area (Å²) in [5.74, 6) is 0. The first-order valence-electron chi connectivity index (χ1n) is 17.9. The van der Waals surface area contributed by atoms with E-state index in [9.17, 15) is 0 Å². The van der Waals surface area contributed by atoms with E-state index in [1.807, 2.05) is 23.5 Å². The number of para-hydroxylation sites is 1. The Labute approximate surface area is 305 Å². The first kappa shape index (κ1) is 29.6. The molecule has 0 bridgehead atoms. The van der Waals surface area contributed by atoms with Crippen molar-refractivity contribution in [2.45, 2.75) is 19.3 Å². The molecule has 3 heteroatoms. The summed E-state index contributed by atoms with van der Waals surface area (Å²) in [5, 5.41) is 7.32. The minimum atomic E-state index is -0.0903. The van der Waals surface area contributed by atoms with Crippen LogP contribution in [0.5, 0.6) is 0 Å². The molecule has 10 aromatic rings. The second-order valence-electron chi connectivity index (χ2n) is 14.5. The fraction of sp³-hybridized carbons (Fsp3) is 0.0612. The van der Waals surface area contributed by atoms with Crippen LogP contribution in [0.4, 0.5) is 17.1 Å². The standard InChI is InChI=1S/C49H33NOS/c1-49(2)43-15-6-3-11-36(43)37-24-22-33(27-44(37)49)50(34-23-25-40-39-13-5-8-17-47(39)52-48(40)28-34)32-20-18-30(19-21-32)35-14-9-10-31-26-46-42(29-41(31)35)38-12-4-7-16-45(38)51-46/h3-29H,1-2H3. The lowest BCUT2D eigenvalue weighted by Gasteiger charge is -2.28. The van der Waals surface area contributed by atoms with Crippen molar-refractivity contribution < 1.29 is 4.42 Å². The third-order valence-corrected chi connectivity index (χ3v) is 12.4. The Morgan fingerprint density at radius 1 is 0.442 bits per heavy atom. The van der Waals surface area contributed by atoms with E-state index in [1.165, 1.54) is 64.3 Å². The normalized spacial score (nSPS) is 13.3. The molecule has 0 radical (unpaired) electrons. The highest BCUT2D eigenvalue weighted by molar-refractivity contribution is 7.25. The summed E-state index contributed by atoms with van der Waals surface area (Å²) in [6.45, 7) is 4.71. The Morgan fingerprint density at radius 2 is 1.13 bits per heavy atom. The van der Waals surface area contributed by atoms with Crippen LogP contribution >= 0.6 is 11.3 Å². The van der Waals surface area contributed by atoms with Gasteiger partial charge in [-0.3, -0.25) is 0 Å². The van der Waals surface area contributed by atoms with Crippen LogP contribution in [0.25, 0.3) is 75.1 Å². The summed E-state index contributed by atoms with van der Waals surface area (Å²) in [6.07, 6.45) is 0. The van der Waals surface area contributed by atoms with Gasteiger partial charge in [-0.05, 0) is 105 Å². The van der Waals surface area contributed by atoms with Crippen LogP contribution in [0.2, 0.25) is 0 Å². The largest absolute Gasteiger partial charge is 0.456 e. The molecule has 0 amide bonds. The van der Waals surface area contributed by atoms with E-state index in [-0.39, 0.29) is 5.41 Å². The van der Waals surface area contributed by atoms with Gasteiger partial charge in [0.05, 0.1) is 0 Å². The Kier molecular flexibility index (Phi) is 6.21. The quantitative estimate of drug-likeness (QED) is 0.184. The van der Waals surface area contributed by atoms with Crippen molar-refractivity contribution in [3.63, 3.8) is 0 Å². The van der Waals surface area contributed by atoms with Crippen LogP contribution in [0.1, 0.15) is 25.0 Å². The average Bonchev–Trinajstić information content (AvgIpc) is 3.81. The van der Waals surface area contributed by atoms with E-state index in [0.29, 0.717) is 0 Å². The first-order chi connectivity index (χ1) is 25.5. The van der Waals surface area contributed by atoms with E-state index in [2.05, 4.69) is 170 Å². The molecule has 2 nitrogen and oxygen atoms in total. The van der Waals surface area contributed by atoms with E-state index >= 15 is 0 Å².